The van der Waals surface area contributed by atoms with Crippen molar-refractivity contribution in [3.8, 4) is 5.75 Å². The summed E-state index contributed by atoms with van der Waals surface area (Å²) in [7, 11) is 1.56. The molecule has 1 aromatic heterocycles. The molecule has 0 aliphatic heterocycles. The Morgan fingerprint density at radius 1 is 0.529 bits per heavy atom. The quantitative estimate of drug-likeness (QED) is 0.0170. The van der Waals surface area contributed by atoms with Gasteiger partial charge in [-0.3, -0.25) is 59.4 Å². The van der Waals surface area contributed by atoms with E-state index in [1.807, 2.05) is 0 Å². The van der Waals surface area contributed by atoms with E-state index >= 15 is 0 Å². The van der Waals surface area contributed by atoms with Crippen molar-refractivity contribution in [2.45, 2.75) is 167 Å². The minimum atomic E-state index is -1.55. The second-order valence-corrected chi connectivity index (χ2v) is 22.1. The van der Waals surface area contributed by atoms with Crippen molar-refractivity contribution < 1.29 is 53.4 Å². The number of likely N-dealkylation sites (N-methyl/N-ethyl adjacent to an activating group) is 1. The molecule has 26 N–H and O–H groups in total. The Hall–Kier alpha value is -8.81. The summed E-state index contributed by atoms with van der Waals surface area (Å²) in [6, 6.07) is -5.53. The fraction of sp³-hybridized carbons (Fsp3) is 0.618. The van der Waals surface area contributed by atoms with Crippen LogP contribution in [-0.4, -0.2) is 179 Å². The molecule has 486 valence electrons. The van der Waals surface area contributed by atoms with Crippen LogP contribution in [0, 0.1) is 34.0 Å². The number of nitrogens with one attached hydrogen (secondary N) is 16. The van der Waals surface area contributed by atoms with Gasteiger partial charge in [-0.15, -0.1) is 0 Å². The third-order valence-corrected chi connectivity index (χ3v) is 13.8. The number of phenols is 1. The monoisotopic (exact) mass is 1230 g/mol. The van der Waals surface area contributed by atoms with Crippen LogP contribution in [0.1, 0.15) is 111 Å². The number of guanidine groups is 3. The van der Waals surface area contributed by atoms with Crippen molar-refractivity contribution in [1.29, 1.82) is 16.2 Å². The van der Waals surface area contributed by atoms with Crippen LogP contribution < -0.4 is 86.7 Å². The number of primary amides is 1. The van der Waals surface area contributed by atoms with Crippen LogP contribution in [0.15, 0.2) is 36.8 Å². The van der Waals surface area contributed by atoms with Gasteiger partial charge in [0.2, 0.25) is 53.2 Å². The number of hydrogen-bond donors (Lipinski definition) is 22. The lowest BCUT2D eigenvalue weighted by Gasteiger charge is -2.29. The van der Waals surface area contributed by atoms with Gasteiger partial charge in [-0.05, 0) is 100 Å². The number of aromatic hydroxyl groups is 1. The first kappa shape index (κ1) is 74.3. The van der Waals surface area contributed by atoms with Crippen LogP contribution in [0.5, 0.6) is 5.75 Å². The van der Waals surface area contributed by atoms with Crippen molar-refractivity contribution in [2.24, 2.45) is 40.7 Å². The Labute approximate surface area is 507 Å². The Balaban J connectivity index is 2.56. The molecule has 10 atom stereocenters. The molecule has 0 radical (unpaired) electrons. The zero-order valence-corrected chi connectivity index (χ0v) is 50.8. The van der Waals surface area contributed by atoms with E-state index < -0.39 is 114 Å². The van der Waals surface area contributed by atoms with E-state index in [1.54, 1.807) is 60.7 Å². The third kappa shape index (κ3) is 28.8. The summed E-state index contributed by atoms with van der Waals surface area (Å²) in [6.45, 7) is 10.0. The topological polar surface area (TPSA) is 543 Å². The van der Waals surface area contributed by atoms with Crippen LogP contribution in [-0.2, 0) is 56.0 Å². The number of benzene rings is 1. The number of amides is 9. The summed E-state index contributed by atoms with van der Waals surface area (Å²) in [5, 5.41) is 74.9. The molecular weight excluding hydrogens is 1130 g/mol. The van der Waals surface area contributed by atoms with Gasteiger partial charge >= 0.3 is 0 Å². The first-order valence-corrected chi connectivity index (χ1v) is 29.1. The van der Waals surface area contributed by atoms with Crippen molar-refractivity contribution >= 4 is 71.0 Å². The lowest BCUT2D eigenvalue weighted by atomic mass is 9.98. The van der Waals surface area contributed by atoms with E-state index in [9.17, 15) is 53.4 Å². The summed E-state index contributed by atoms with van der Waals surface area (Å²) >= 11 is 0. The predicted molar refractivity (Wildman–Crippen MR) is 324 cm³/mol. The number of aromatic amines is 1. The van der Waals surface area contributed by atoms with Crippen molar-refractivity contribution in [3.05, 3.63) is 48.0 Å². The second-order valence-electron chi connectivity index (χ2n) is 22.1. The number of nitrogens with two attached hydrogens (primary N) is 4. The Bertz CT molecular complexity index is 2570. The van der Waals surface area contributed by atoms with E-state index in [2.05, 4.69) is 73.8 Å². The molecule has 0 saturated heterocycles. The number of aliphatic hydroxyl groups is 1. The van der Waals surface area contributed by atoms with Crippen LogP contribution in [0.25, 0.3) is 0 Å². The molecule has 2 aromatic rings. The van der Waals surface area contributed by atoms with E-state index in [0.29, 0.717) is 17.7 Å². The van der Waals surface area contributed by atoms with Gasteiger partial charge in [-0.2, -0.15) is 0 Å². The smallest absolute Gasteiger partial charge is 0.245 e. The van der Waals surface area contributed by atoms with Gasteiger partial charge in [-0.25, -0.2) is 4.98 Å². The number of nitrogens with zero attached hydrogens (tertiary/aromatic N) is 1. The lowest BCUT2D eigenvalue weighted by Crippen LogP contribution is -2.61. The summed E-state index contributed by atoms with van der Waals surface area (Å²) in [6.07, 6.45) is 3.53. The van der Waals surface area contributed by atoms with Crippen LogP contribution in [0.4, 0.5) is 0 Å². The molecular formula is C55H95N21O11. The summed E-state index contributed by atoms with van der Waals surface area (Å²) in [5.74, 6) is -9.24. The van der Waals surface area contributed by atoms with Gasteiger partial charge in [0, 0.05) is 32.3 Å². The van der Waals surface area contributed by atoms with Crippen LogP contribution >= 0.6 is 0 Å². The molecule has 1 heterocycles. The zero-order chi connectivity index (χ0) is 65.3. The van der Waals surface area contributed by atoms with Crippen molar-refractivity contribution in [1.82, 2.24) is 73.8 Å². The molecule has 0 bridgehead atoms. The number of aliphatic hydroxyl groups excluding tert-OH is 1. The molecule has 87 heavy (non-hydrogen) atoms. The van der Waals surface area contributed by atoms with E-state index in [-0.39, 0.29) is 125 Å². The highest BCUT2D eigenvalue weighted by molar-refractivity contribution is 5.98. The third-order valence-electron chi connectivity index (χ3n) is 13.8. The normalized spacial score (nSPS) is 14.6. The van der Waals surface area contributed by atoms with Crippen LogP contribution in [0.3, 0.4) is 0 Å². The van der Waals surface area contributed by atoms with E-state index in [1.165, 1.54) is 24.7 Å². The Kier molecular flexibility index (Phi) is 33.3. The number of H-pyrrole nitrogens is 1. The number of phenolic OH excluding ortho intramolecular Hbond substituents is 1. The minimum absolute atomic E-state index is 0.00233. The second kappa shape index (κ2) is 39.0. The predicted octanol–water partition coefficient (Wildman–Crippen LogP) is -4.23. The van der Waals surface area contributed by atoms with E-state index in [4.69, 9.17) is 39.2 Å². The molecule has 1 aromatic carbocycles. The van der Waals surface area contributed by atoms with Crippen molar-refractivity contribution in [2.75, 3.05) is 33.3 Å². The summed E-state index contributed by atoms with van der Waals surface area (Å²) in [4.78, 5) is 133. The SMILES string of the molecule is CC[C@H](C)[C@H](NC(=O)[C@H](CO)NC(=O)[C@H](CC(C)C)NC(=O)[C@H](CC(C)C)NC(=O)[C@H](CCCNC(=N)N)NC(=O)[C@H](CCCNC(=N)N)NC(=O)[C@H](Cc1c[nH]cn1)NC(=O)[C@@H](CCCNC(=N)N)NC(=O)[C@H](Cc1ccc(O)cc1)NC)C(N)=O. The highest BCUT2D eigenvalue weighted by atomic mass is 16.3. The molecule has 32 nitrogen and oxygen atoms in total. The lowest BCUT2D eigenvalue weighted by molar-refractivity contribution is -0.136. The van der Waals surface area contributed by atoms with Crippen LogP contribution in [0.2, 0.25) is 0 Å². The molecule has 2 rings (SSSR count). The number of carbonyl (C=O) groups is 9. The number of imidazole rings is 1. The van der Waals surface area contributed by atoms with Gasteiger partial charge in [0.15, 0.2) is 17.9 Å². The Morgan fingerprint density at radius 3 is 1.25 bits per heavy atom. The first-order valence-electron chi connectivity index (χ1n) is 29.1. The largest absolute Gasteiger partial charge is 0.508 e. The molecule has 0 unspecified atom stereocenters. The highest BCUT2D eigenvalue weighted by Crippen LogP contribution is 2.15. The maximum atomic E-state index is 14.7. The Morgan fingerprint density at radius 2 is 0.897 bits per heavy atom. The van der Waals surface area contributed by atoms with Gasteiger partial charge in [-0.1, -0.05) is 60.1 Å². The molecule has 0 aliphatic rings. The zero-order valence-electron chi connectivity index (χ0n) is 50.8. The number of hydrogen-bond acceptors (Lipinski definition) is 16. The molecule has 0 fully saturated rings. The molecule has 0 aliphatic carbocycles. The van der Waals surface area contributed by atoms with Crippen molar-refractivity contribution in [3.63, 3.8) is 0 Å². The fourth-order valence-electron chi connectivity index (χ4n) is 8.90. The number of carbonyl (C=O) groups excluding carboxylic acids is 9. The average Bonchev–Trinajstić information content (AvgIpc) is 4.14. The standard InChI is InChI=1S/C55H95N21O11/c1-8-31(6)43(44(56)79)76-52(87)42(27-77)75-50(85)40(23-30(4)5)73-49(84)39(22-29(2)3)72-46(81)36(13-10-20-66-54(59)60)69-45(80)35(12-9-19-65-53(57)58)71-51(86)41(25-33-26-64-28-68-33)74-47(82)37(14-11-21-67-55(61)62)70-48(83)38(63-7)24-32-15-17-34(78)18-16-32/h15-18,26,28-31,35-43,63,77-78H,8-14,19-25,27H2,1-7H3,(H2,56,79)(H,64,68)(H,69,80)(H,70,83)(H,71,86)(H,72,81)(H,73,84)(H,74,82)(H,75,85)(H,76,87)(H4,57,58,65)(H4,59,60,66)(H4,61,62,67)/t31-,35-,36-,37+,38-,39-,40-,41-,42-,43-/m0/s1. The highest BCUT2D eigenvalue weighted by Gasteiger charge is 2.36. The maximum Gasteiger partial charge on any atom is 0.245 e. The van der Waals surface area contributed by atoms with Gasteiger partial charge in [0.05, 0.1) is 24.7 Å². The first-order chi connectivity index (χ1) is 41.1. The van der Waals surface area contributed by atoms with Gasteiger partial charge in [0.25, 0.3) is 0 Å². The van der Waals surface area contributed by atoms with E-state index in [0.717, 1.165) is 0 Å². The molecule has 0 saturated carbocycles. The maximum absolute atomic E-state index is 14.7. The summed E-state index contributed by atoms with van der Waals surface area (Å²) in [5.41, 5.74) is 23.1. The minimum Gasteiger partial charge on any atom is -0.508 e. The number of rotatable bonds is 41. The molecule has 32 heteroatoms. The molecule has 9 amide bonds. The van der Waals surface area contributed by atoms with Gasteiger partial charge < -0.3 is 102 Å². The fourth-order valence-corrected chi connectivity index (χ4v) is 8.90. The average molecular weight is 1230 g/mol. The number of aromatic nitrogens is 2. The summed E-state index contributed by atoms with van der Waals surface area (Å²) < 4.78 is 0. The molecule has 0 spiro atoms. The van der Waals surface area contributed by atoms with Gasteiger partial charge in [0.1, 0.15) is 54.1 Å².